The average molecular weight is 258 g/mol. The fourth-order valence-electron chi connectivity index (χ4n) is 1.91. The van der Waals surface area contributed by atoms with Crippen LogP contribution in [0.25, 0.3) is 0 Å². The van der Waals surface area contributed by atoms with Gasteiger partial charge in [-0.15, -0.1) is 0 Å². The van der Waals surface area contributed by atoms with Crippen LogP contribution in [0, 0.1) is 0 Å². The van der Waals surface area contributed by atoms with Gasteiger partial charge in [-0.3, -0.25) is 9.40 Å². The number of hydrogen-bond donors (Lipinski definition) is 2. The molecule has 96 valence electrons. The molecule has 0 saturated carbocycles. The van der Waals surface area contributed by atoms with Crippen molar-refractivity contribution in [1.82, 2.24) is 15.1 Å². The summed E-state index contributed by atoms with van der Waals surface area (Å²) in [5, 5.41) is 6.80. The quantitative estimate of drug-likeness (QED) is 0.801. The van der Waals surface area contributed by atoms with Crippen LogP contribution >= 0.6 is 0 Å². The van der Waals surface area contributed by atoms with Gasteiger partial charge in [0.05, 0.1) is 17.1 Å². The van der Waals surface area contributed by atoms with Crippen LogP contribution in [0.3, 0.4) is 0 Å². The zero-order chi connectivity index (χ0) is 12.3. The largest absolute Gasteiger partial charge is 0.315 e. The van der Waals surface area contributed by atoms with Gasteiger partial charge in [0.2, 0.25) is 10.0 Å². The summed E-state index contributed by atoms with van der Waals surface area (Å²) in [7, 11) is -3.28. The van der Waals surface area contributed by atoms with Crippen LogP contribution in [0.15, 0.2) is 12.4 Å². The molecule has 2 heterocycles. The number of hydrogen-bond acceptors (Lipinski definition) is 4. The third-order valence-corrected chi connectivity index (χ3v) is 4.60. The van der Waals surface area contributed by atoms with E-state index in [1.807, 2.05) is 0 Å². The highest BCUT2D eigenvalue weighted by Crippen LogP contribution is 2.15. The fourth-order valence-corrected chi connectivity index (χ4v) is 3.27. The normalized spacial score (nSPS) is 20.6. The lowest BCUT2D eigenvalue weighted by Crippen LogP contribution is -2.29. The first-order valence-corrected chi connectivity index (χ1v) is 7.41. The number of sulfonamides is 1. The van der Waals surface area contributed by atoms with Crippen LogP contribution in [0.4, 0.5) is 5.69 Å². The Hall–Kier alpha value is -1.08. The molecule has 1 aromatic heterocycles. The van der Waals surface area contributed by atoms with Crippen LogP contribution in [-0.4, -0.2) is 36.5 Å². The van der Waals surface area contributed by atoms with E-state index in [4.69, 9.17) is 0 Å². The zero-order valence-electron chi connectivity index (χ0n) is 9.89. The van der Waals surface area contributed by atoms with Crippen molar-refractivity contribution in [1.29, 1.82) is 0 Å². The van der Waals surface area contributed by atoms with Crippen LogP contribution in [0.5, 0.6) is 0 Å². The van der Waals surface area contributed by atoms with Gasteiger partial charge >= 0.3 is 0 Å². The average Bonchev–Trinajstić information content (AvgIpc) is 2.88. The monoisotopic (exact) mass is 258 g/mol. The van der Waals surface area contributed by atoms with Crippen LogP contribution in [0.2, 0.25) is 0 Å². The number of anilines is 1. The topological polar surface area (TPSA) is 76.0 Å². The Morgan fingerprint density at radius 1 is 1.65 bits per heavy atom. The maximum Gasteiger partial charge on any atom is 0.237 e. The lowest BCUT2D eigenvalue weighted by Gasteiger charge is -2.10. The molecule has 1 atom stereocenters. The van der Waals surface area contributed by atoms with Crippen molar-refractivity contribution >= 4 is 15.7 Å². The SMILES string of the molecule is CCCn1cc(NS(=O)(=O)C2CCNC2)cn1. The Kier molecular flexibility index (Phi) is 3.68. The Morgan fingerprint density at radius 3 is 3.12 bits per heavy atom. The summed E-state index contributed by atoms with van der Waals surface area (Å²) in [4.78, 5) is 0. The molecule has 2 rings (SSSR count). The predicted molar refractivity (Wildman–Crippen MR) is 66.3 cm³/mol. The van der Waals surface area contributed by atoms with Gasteiger partial charge in [0.25, 0.3) is 0 Å². The summed E-state index contributed by atoms with van der Waals surface area (Å²) >= 11 is 0. The molecule has 0 spiro atoms. The molecule has 0 aromatic carbocycles. The number of rotatable bonds is 5. The van der Waals surface area contributed by atoms with Crippen molar-refractivity contribution in [3.05, 3.63) is 12.4 Å². The van der Waals surface area contributed by atoms with E-state index in [-0.39, 0.29) is 5.25 Å². The fraction of sp³-hybridized carbons (Fsp3) is 0.700. The standard InChI is InChI=1S/C10H18N4O2S/c1-2-5-14-8-9(6-12-14)13-17(15,16)10-3-4-11-7-10/h6,8,10-11,13H,2-5,7H2,1H3. The highest BCUT2D eigenvalue weighted by molar-refractivity contribution is 7.93. The summed E-state index contributed by atoms with van der Waals surface area (Å²) in [5.41, 5.74) is 0.547. The van der Waals surface area contributed by atoms with Gasteiger partial charge in [-0.25, -0.2) is 8.42 Å². The molecule has 0 bridgehead atoms. The third kappa shape index (κ3) is 2.98. The minimum absolute atomic E-state index is 0.336. The van der Waals surface area contributed by atoms with Crippen molar-refractivity contribution in [3.8, 4) is 0 Å². The zero-order valence-corrected chi connectivity index (χ0v) is 10.7. The minimum atomic E-state index is -3.28. The van der Waals surface area contributed by atoms with E-state index in [9.17, 15) is 8.42 Å². The van der Waals surface area contributed by atoms with Gasteiger partial charge < -0.3 is 5.32 Å². The molecule has 1 unspecified atom stereocenters. The lowest BCUT2D eigenvalue weighted by molar-refractivity contribution is 0.588. The lowest BCUT2D eigenvalue weighted by atomic mass is 10.4. The molecule has 2 N–H and O–H groups in total. The first-order chi connectivity index (χ1) is 8.12. The molecule has 17 heavy (non-hydrogen) atoms. The Labute approximate surface area is 101 Å². The number of aromatic nitrogens is 2. The molecule has 6 nitrogen and oxygen atoms in total. The first-order valence-electron chi connectivity index (χ1n) is 5.86. The summed E-state index contributed by atoms with van der Waals surface area (Å²) in [6, 6.07) is 0. The molecule has 0 radical (unpaired) electrons. The molecular weight excluding hydrogens is 240 g/mol. The summed E-state index contributed by atoms with van der Waals surface area (Å²) in [6.45, 7) is 4.14. The smallest absolute Gasteiger partial charge is 0.237 e. The van der Waals surface area contributed by atoms with Crippen LogP contribution in [0.1, 0.15) is 19.8 Å². The maximum atomic E-state index is 12.0. The number of nitrogens with one attached hydrogen (secondary N) is 2. The predicted octanol–water partition coefficient (Wildman–Crippen LogP) is 0.397. The van der Waals surface area contributed by atoms with Crippen molar-refractivity contribution in [2.45, 2.75) is 31.6 Å². The molecule has 1 saturated heterocycles. The molecule has 1 aliphatic heterocycles. The van der Waals surface area contributed by atoms with Crippen molar-refractivity contribution in [3.63, 3.8) is 0 Å². The second-order valence-electron chi connectivity index (χ2n) is 4.25. The van der Waals surface area contributed by atoms with Crippen LogP contribution < -0.4 is 10.0 Å². The molecule has 1 aromatic rings. The minimum Gasteiger partial charge on any atom is -0.315 e. The van der Waals surface area contributed by atoms with E-state index in [1.165, 1.54) is 0 Å². The van der Waals surface area contributed by atoms with E-state index in [0.29, 0.717) is 18.7 Å². The Morgan fingerprint density at radius 2 is 2.47 bits per heavy atom. The van der Waals surface area contributed by atoms with Crippen molar-refractivity contribution in [2.75, 3.05) is 17.8 Å². The highest BCUT2D eigenvalue weighted by Gasteiger charge is 2.28. The van der Waals surface area contributed by atoms with Crippen LogP contribution in [-0.2, 0) is 16.6 Å². The van der Waals surface area contributed by atoms with E-state index in [2.05, 4.69) is 22.1 Å². The van der Waals surface area contributed by atoms with E-state index < -0.39 is 10.0 Å². The van der Waals surface area contributed by atoms with Gasteiger partial charge in [0.1, 0.15) is 0 Å². The second kappa shape index (κ2) is 5.05. The van der Waals surface area contributed by atoms with Gasteiger partial charge in [0.15, 0.2) is 0 Å². The van der Waals surface area contributed by atoms with Crippen molar-refractivity contribution in [2.24, 2.45) is 0 Å². The summed E-state index contributed by atoms with van der Waals surface area (Å²) in [5.74, 6) is 0. The van der Waals surface area contributed by atoms with Gasteiger partial charge in [-0.1, -0.05) is 6.92 Å². The first kappa shape index (κ1) is 12.4. The third-order valence-electron chi connectivity index (χ3n) is 2.80. The maximum absolute atomic E-state index is 12.0. The Bertz CT molecular complexity index is 462. The van der Waals surface area contributed by atoms with Gasteiger partial charge in [-0.2, -0.15) is 5.10 Å². The van der Waals surface area contributed by atoms with Gasteiger partial charge in [0, 0.05) is 19.3 Å². The number of aryl methyl sites for hydroxylation is 1. The van der Waals surface area contributed by atoms with E-state index >= 15 is 0 Å². The van der Waals surface area contributed by atoms with E-state index in [1.54, 1.807) is 17.1 Å². The molecule has 1 aliphatic rings. The van der Waals surface area contributed by atoms with Crippen molar-refractivity contribution < 1.29 is 8.42 Å². The highest BCUT2D eigenvalue weighted by atomic mass is 32.2. The summed E-state index contributed by atoms with van der Waals surface area (Å²) < 4.78 is 28.3. The van der Waals surface area contributed by atoms with Gasteiger partial charge in [-0.05, 0) is 19.4 Å². The Balaban J connectivity index is 2.03. The summed E-state index contributed by atoms with van der Waals surface area (Å²) in [6.07, 6.45) is 4.91. The second-order valence-corrected chi connectivity index (χ2v) is 6.21. The molecule has 1 fully saturated rings. The molecule has 7 heteroatoms. The molecule has 0 aliphatic carbocycles. The molecular formula is C10H18N4O2S. The number of nitrogens with zero attached hydrogens (tertiary/aromatic N) is 2. The van der Waals surface area contributed by atoms with E-state index in [0.717, 1.165) is 19.5 Å². The molecule has 0 amide bonds.